The molecule has 0 amide bonds. The van der Waals surface area contributed by atoms with Gasteiger partial charge in [-0.2, -0.15) is 0 Å². The molecule has 2 heterocycles. The van der Waals surface area contributed by atoms with E-state index >= 15 is 0 Å². The molecule has 132 valence electrons. The summed E-state index contributed by atoms with van der Waals surface area (Å²) >= 11 is 0. The molecule has 0 saturated heterocycles. The van der Waals surface area contributed by atoms with E-state index < -0.39 is 0 Å². The van der Waals surface area contributed by atoms with Crippen LogP contribution in [-0.4, -0.2) is 32.7 Å². The average molecular weight is 348 g/mol. The highest BCUT2D eigenvalue weighted by molar-refractivity contribution is 5.79. The van der Waals surface area contributed by atoms with Crippen LogP contribution in [0.25, 0.3) is 22.4 Å². The third kappa shape index (κ3) is 3.39. The first-order valence-corrected chi connectivity index (χ1v) is 8.64. The first-order chi connectivity index (χ1) is 12.8. The van der Waals surface area contributed by atoms with Crippen molar-refractivity contribution in [3.63, 3.8) is 0 Å². The fourth-order valence-electron chi connectivity index (χ4n) is 2.81. The van der Waals surface area contributed by atoms with Crippen molar-refractivity contribution in [3.8, 4) is 22.9 Å². The van der Waals surface area contributed by atoms with E-state index in [1.807, 2.05) is 60.2 Å². The van der Waals surface area contributed by atoms with E-state index in [1.165, 1.54) is 0 Å². The lowest BCUT2D eigenvalue weighted by molar-refractivity contribution is 0.266. The monoisotopic (exact) mass is 348 g/mol. The van der Waals surface area contributed by atoms with Gasteiger partial charge in [0.2, 0.25) is 0 Å². The van der Waals surface area contributed by atoms with Gasteiger partial charge in [0.1, 0.15) is 12.4 Å². The Labute approximate surface area is 151 Å². The smallest absolute Gasteiger partial charge is 0.161 e. The maximum Gasteiger partial charge on any atom is 0.161 e. The van der Waals surface area contributed by atoms with Crippen molar-refractivity contribution < 1.29 is 9.47 Å². The fraction of sp³-hybridized carbons (Fsp3) is 0.200. The van der Waals surface area contributed by atoms with Crippen LogP contribution in [0.4, 0.5) is 0 Å². The molecule has 2 aromatic carbocycles. The number of aromatic amines is 1. The Balaban J connectivity index is 1.56. The molecular formula is C20H20N4O2. The zero-order valence-corrected chi connectivity index (χ0v) is 14.6. The third-order valence-electron chi connectivity index (χ3n) is 4.07. The first kappa shape index (κ1) is 16.2. The summed E-state index contributed by atoms with van der Waals surface area (Å²) in [6, 6.07) is 13.9. The average Bonchev–Trinajstić information content (AvgIpc) is 3.32. The van der Waals surface area contributed by atoms with Gasteiger partial charge in [-0.1, -0.05) is 12.1 Å². The number of rotatable bonds is 7. The van der Waals surface area contributed by atoms with Gasteiger partial charge in [-0.3, -0.25) is 0 Å². The van der Waals surface area contributed by atoms with Gasteiger partial charge < -0.3 is 19.0 Å². The van der Waals surface area contributed by atoms with Gasteiger partial charge in [0, 0.05) is 18.0 Å². The van der Waals surface area contributed by atoms with E-state index in [1.54, 1.807) is 12.5 Å². The van der Waals surface area contributed by atoms with Crippen LogP contribution in [0.5, 0.6) is 11.5 Å². The van der Waals surface area contributed by atoms with Crippen molar-refractivity contribution in [2.45, 2.75) is 13.5 Å². The summed E-state index contributed by atoms with van der Waals surface area (Å²) in [6.07, 6.45) is 5.45. The third-order valence-corrected chi connectivity index (χ3v) is 4.07. The fourth-order valence-corrected chi connectivity index (χ4v) is 2.81. The van der Waals surface area contributed by atoms with Gasteiger partial charge in [-0.25, -0.2) is 9.97 Å². The van der Waals surface area contributed by atoms with E-state index in [0.29, 0.717) is 13.2 Å². The second-order valence-electron chi connectivity index (χ2n) is 5.85. The van der Waals surface area contributed by atoms with E-state index in [9.17, 15) is 0 Å². The van der Waals surface area contributed by atoms with Crippen molar-refractivity contribution >= 4 is 11.0 Å². The molecule has 0 spiro atoms. The molecule has 0 aliphatic rings. The molecule has 0 aliphatic heterocycles. The first-order valence-electron chi connectivity index (χ1n) is 8.64. The van der Waals surface area contributed by atoms with Crippen molar-refractivity contribution in [2.75, 3.05) is 13.2 Å². The predicted octanol–water partition coefficient (Wildman–Crippen LogP) is 3.90. The highest BCUT2D eigenvalue weighted by Gasteiger charge is 2.11. The van der Waals surface area contributed by atoms with Crippen LogP contribution in [-0.2, 0) is 6.54 Å². The molecule has 4 rings (SSSR count). The number of benzene rings is 2. The highest BCUT2D eigenvalue weighted by atomic mass is 16.5. The minimum atomic E-state index is 0.542. The van der Waals surface area contributed by atoms with E-state index in [0.717, 1.165) is 40.5 Å². The van der Waals surface area contributed by atoms with Gasteiger partial charge in [0.15, 0.2) is 11.5 Å². The normalized spacial score (nSPS) is 11.0. The summed E-state index contributed by atoms with van der Waals surface area (Å²) in [5.74, 6) is 2.26. The number of aromatic nitrogens is 4. The summed E-state index contributed by atoms with van der Waals surface area (Å²) in [5.41, 5.74) is 2.92. The molecule has 0 unspecified atom stereocenters. The predicted molar refractivity (Wildman–Crippen MR) is 100 cm³/mol. The lowest BCUT2D eigenvalue weighted by Gasteiger charge is -2.13. The summed E-state index contributed by atoms with van der Waals surface area (Å²) in [5, 5.41) is 0. The molecule has 1 N–H and O–H groups in total. The zero-order valence-electron chi connectivity index (χ0n) is 14.6. The largest absolute Gasteiger partial charge is 0.490 e. The second-order valence-corrected chi connectivity index (χ2v) is 5.85. The number of ether oxygens (including phenoxy) is 2. The number of para-hydroxylation sites is 2. The van der Waals surface area contributed by atoms with Crippen LogP contribution in [0.15, 0.2) is 61.2 Å². The maximum atomic E-state index is 5.91. The standard InChI is InChI=1S/C20H20N4O2/c1-2-25-19-13-15(20-22-16-5-3-4-6-17(16)23-20)7-8-18(19)26-12-11-24-10-9-21-14-24/h3-10,13-14H,2,11-12H2,1H3,(H,22,23). The van der Waals surface area contributed by atoms with E-state index in [4.69, 9.17) is 9.47 Å². The minimum absolute atomic E-state index is 0.542. The van der Waals surface area contributed by atoms with Crippen LogP contribution < -0.4 is 9.47 Å². The van der Waals surface area contributed by atoms with Crippen LogP contribution in [0.1, 0.15) is 6.92 Å². The van der Waals surface area contributed by atoms with Gasteiger partial charge in [0.25, 0.3) is 0 Å². The molecule has 26 heavy (non-hydrogen) atoms. The Hall–Kier alpha value is -3.28. The zero-order chi connectivity index (χ0) is 17.8. The number of hydrogen-bond acceptors (Lipinski definition) is 4. The molecule has 2 aromatic heterocycles. The van der Waals surface area contributed by atoms with Crippen LogP contribution in [0, 0.1) is 0 Å². The molecule has 4 aromatic rings. The van der Waals surface area contributed by atoms with Crippen LogP contribution >= 0.6 is 0 Å². The maximum absolute atomic E-state index is 5.91. The van der Waals surface area contributed by atoms with Crippen molar-refractivity contribution in [3.05, 3.63) is 61.2 Å². The molecule has 0 radical (unpaired) electrons. The molecule has 0 saturated carbocycles. The molecule has 0 aliphatic carbocycles. The molecular weight excluding hydrogens is 328 g/mol. The Morgan fingerprint density at radius 3 is 2.81 bits per heavy atom. The van der Waals surface area contributed by atoms with Gasteiger partial charge >= 0.3 is 0 Å². The Morgan fingerprint density at radius 1 is 1.08 bits per heavy atom. The number of hydrogen-bond donors (Lipinski definition) is 1. The van der Waals surface area contributed by atoms with Crippen molar-refractivity contribution in [1.29, 1.82) is 0 Å². The number of fused-ring (bicyclic) bond motifs is 1. The molecule has 0 atom stereocenters. The highest BCUT2D eigenvalue weighted by Crippen LogP contribution is 2.32. The van der Waals surface area contributed by atoms with Gasteiger partial charge in [-0.15, -0.1) is 0 Å². The Morgan fingerprint density at radius 2 is 2.00 bits per heavy atom. The topological polar surface area (TPSA) is 65.0 Å². The summed E-state index contributed by atoms with van der Waals surface area (Å²) in [7, 11) is 0. The van der Waals surface area contributed by atoms with E-state index in [-0.39, 0.29) is 0 Å². The molecule has 6 heteroatoms. The number of nitrogens with zero attached hydrogens (tertiary/aromatic N) is 3. The van der Waals surface area contributed by atoms with Crippen LogP contribution in [0.2, 0.25) is 0 Å². The van der Waals surface area contributed by atoms with Gasteiger partial charge in [0.05, 0.1) is 30.5 Å². The lowest BCUT2D eigenvalue weighted by atomic mass is 10.2. The second kappa shape index (κ2) is 7.31. The summed E-state index contributed by atoms with van der Waals surface area (Å²) in [6.45, 7) is 3.81. The SMILES string of the molecule is CCOc1cc(-c2nc3ccccc3[nH]2)ccc1OCCn1ccnc1. The molecule has 6 nitrogen and oxygen atoms in total. The van der Waals surface area contributed by atoms with Crippen molar-refractivity contribution in [2.24, 2.45) is 0 Å². The number of nitrogens with one attached hydrogen (secondary N) is 1. The van der Waals surface area contributed by atoms with Crippen molar-refractivity contribution in [1.82, 2.24) is 19.5 Å². The van der Waals surface area contributed by atoms with E-state index in [2.05, 4.69) is 15.0 Å². The Bertz CT molecular complexity index is 959. The van der Waals surface area contributed by atoms with Gasteiger partial charge in [-0.05, 0) is 37.3 Å². The Kier molecular flexibility index (Phi) is 4.55. The number of H-pyrrole nitrogens is 1. The minimum Gasteiger partial charge on any atom is -0.490 e. The molecule has 0 fully saturated rings. The molecule has 0 bridgehead atoms. The van der Waals surface area contributed by atoms with Crippen LogP contribution in [0.3, 0.4) is 0 Å². The summed E-state index contributed by atoms with van der Waals surface area (Å²) < 4.78 is 13.7. The quantitative estimate of drug-likeness (QED) is 0.550. The number of imidazole rings is 2. The lowest BCUT2D eigenvalue weighted by Crippen LogP contribution is -2.07. The summed E-state index contributed by atoms with van der Waals surface area (Å²) in [4.78, 5) is 12.0.